The second kappa shape index (κ2) is 9.95. The monoisotopic (exact) mass is 514 g/mol. The van der Waals surface area contributed by atoms with Gasteiger partial charge in [-0.2, -0.15) is 4.31 Å². The van der Waals surface area contributed by atoms with Crippen LogP contribution in [0.15, 0.2) is 27.9 Å². The predicted octanol–water partition coefficient (Wildman–Crippen LogP) is 2.78. The van der Waals surface area contributed by atoms with Gasteiger partial charge in [-0.25, -0.2) is 17.9 Å². The molecule has 1 aromatic carbocycles. The number of fused-ring (bicyclic) bond motifs is 1. The van der Waals surface area contributed by atoms with Gasteiger partial charge in [0.05, 0.1) is 22.8 Å². The number of nitrogens with zero attached hydrogens (tertiary/aromatic N) is 5. The van der Waals surface area contributed by atoms with Crippen LogP contribution in [-0.4, -0.2) is 77.0 Å². The molecule has 194 valence electrons. The first kappa shape index (κ1) is 24.9. The number of rotatable bonds is 6. The first-order valence-electron chi connectivity index (χ1n) is 12.7. The molecular weight excluding hydrogens is 480 g/mol. The van der Waals surface area contributed by atoms with E-state index in [1.165, 1.54) is 16.8 Å². The van der Waals surface area contributed by atoms with Crippen LogP contribution in [0.25, 0.3) is 16.9 Å². The molecule has 3 heterocycles. The SMILES string of the molecule is CCOc1cc(S(=O)(=O)N2CCN(C)CC2)ccc1-c1nn2c(C)nc(C3CCCCC3)c2c(=O)[nH]1. The van der Waals surface area contributed by atoms with Gasteiger partial charge < -0.3 is 14.6 Å². The topological polar surface area (TPSA) is 113 Å². The van der Waals surface area contributed by atoms with Crippen molar-refractivity contribution in [3.63, 3.8) is 0 Å². The Morgan fingerprint density at radius 3 is 2.53 bits per heavy atom. The van der Waals surface area contributed by atoms with Gasteiger partial charge in [0, 0.05) is 38.2 Å². The van der Waals surface area contributed by atoms with Crippen molar-refractivity contribution in [2.75, 3.05) is 39.8 Å². The predicted molar refractivity (Wildman–Crippen MR) is 137 cm³/mol. The van der Waals surface area contributed by atoms with Crippen molar-refractivity contribution in [3.05, 3.63) is 40.1 Å². The van der Waals surface area contributed by atoms with Crippen LogP contribution in [-0.2, 0) is 10.0 Å². The molecule has 0 bridgehead atoms. The van der Waals surface area contributed by atoms with Crippen LogP contribution in [0.5, 0.6) is 5.75 Å². The Morgan fingerprint density at radius 1 is 1.11 bits per heavy atom. The number of likely N-dealkylation sites (N-methyl/N-ethyl adjacent to an activating group) is 1. The van der Waals surface area contributed by atoms with Gasteiger partial charge in [-0.15, -0.1) is 5.10 Å². The highest BCUT2D eigenvalue weighted by atomic mass is 32.2. The molecule has 1 aliphatic carbocycles. The second-order valence-electron chi connectivity index (χ2n) is 9.74. The number of sulfonamides is 1. The minimum absolute atomic E-state index is 0.168. The normalized spacial score (nSPS) is 18.6. The van der Waals surface area contributed by atoms with E-state index in [1.54, 1.807) is 16.6 Å². The molecule has 0 spiro atoms. The second-order valence-corrected chi connectivity index (χ2v) is 11.7. The van der Waals surface area contributed by atoms with Crippen molar-refractivity contribution in [2.24, 2.45) is 0 Å². The van der Waals surface area contributed by atoms with E-state index in [9.17, 15) is 13.2 Å². The van der Waals surface area contributed by atoms with Crippen LogP contribution in [0, 0.1) is 6.92 Å². The van der Waals surface area contributed by atoms with Gasteiger partial charge in [0.15, 0.2) is 11.3 Å². The van der Waals surface area contributed by atoms with E-state index >= 15 is 0 Å². The first-order valence-corrected chi connectivity index (χ1v) is 14.2. The number of hydrogen-bond donors (Lipinski definition) is 1. The number of ether oxygens (including phenoxy) is 1. The number of aromatic amines is 1. The van der Waals surface area contributed by atoms with E-state index in [-0.39, 0.29) is 16.4 Å². The molecule has 0 unspecified atom stereocenters. The van der Waals surface area contributed by atoms with Crippen LogP contribution in [0.1, 0.15) is 56.5 Å². The van der Waals surface area contributed by atoms with Crippen LogP contribution >= 0.6 is 0 Å². The number of benzene rings is 1. The van der Waals surface area contributed by atoms with Gasteiger partial charge in [-0.3, -0.25) is 4.79 Å². The molecule has 2 aromatic heterocycles. The molecule has 5 rings (SSSR count). The third kappa shape index (κ3) is 4.55. The van der Waals surface area contributed by atoms with Crippen molar-refractivity contribution in [3.8, 4) is 17.1 Å². The van der Waals surface area contributed by atoms with E-state index in [4.69, 9.17) is 14.8 Å². The Balaban J connectivity index is 1.55. The number of aromatic nitrogens is 4. The van der Waals surface area contributed by atoms with E-state index < -0.39 is 10.0 Å². The van der Waals surface area contributed by atoms with Crippen molar-refractivity contribution >= 4 is 15.5 Å². The molecule has 1 saturated heterocycles. The minimum Gasteiger partial charge on any atom is -0.493 e. The minimum atomic E-state index is -3.66. The summed E-state index contributed by atoms with van der Waals surface area (Å²) in [5.74, 6) is 1.61. The third-order valence-corrected chi connectivity index (χ3v) is 9.18. The van der Waals surface area contributed by atoms with Crippen molar-refractivity contribution in [1.82, 2.24) is 28.8 Å². The molecule has 36 heavy (non-hydrogen) atoms. The van der Waals surface area contributed by atoms with Crippen molar-refractivity contribution < 1.29 is 13.2 Å². The maximum absolute atomic E-state index is 13.3. The maximum atomic E-state index is 13.3. The van der Waals surface area contributed by atoms with Crippen molar-refractivity contribution in [1.29, 1.82) is 0 Å². The van der Waals surface area contributed by atoms with Crippen molar-refractivity contribution in [2.45, 2.75) is 56.8 Å². The zero-order valence-corrected chi connectivity index (χ0v) is 22.0. The standard InChI is InChI=1S/C25H34N6O4S/c1-4-35-21-16-19(36(33,34)30-14-12-29(3)13-15-30)10-11-20(21)24-27-25(32)23-22(18-8-6-5-7-9-18)26-17(2)31(23)28-24/h10-11,16,18H,4-9,12-15H2,1-3H3,(H,27,28,32). The molecule has 1 saturated carbocycles. The average molecular weight is 515 g/mol. The van der Waals surface area contributed by atoms with Crippen LogP contribution in [0.3, 0.4) is 0 Å². The van der Waals surface area contributed by atoms with Crippen LogP contribution < -0.4 is 10.3 Å². The highest BCUT2D eigenvalue weighted by Crippen LogP contribution is 2.35. The van der Waals surface area contributed by atoms with Gasteiger partial charge in [-0.05, 0) is 45.9 Å². The molecule has 0 amide bonds. The lowest BCUT2D eigenvalue weighted by Gasteiger charge is -2.31. The Hall–Kier alpha value is -2.76. The fourth-order valence-corrected chi connectivity index (χ4v) is 6.70. The van der Waals surface area contributed by atoms with Gasteiger partial charge in [0.25, 0.3) is 5.56 Å². The average Bonchev–Trinajstić information content (AvgIpc) is 3.22. The number of H-pyrrole nitrogens is 1. The molecule has 2 fully saturated rings. The Morgan fingerprint density at radius 2 is 1.83 bits per heavy atom. The zero-order chi connectivity index (χ0) is 25.4. The molecule has 0 atom stereocenters. The summed E-state index contributed by atoms with van der Waals surface area (Å²) in [6.45, 7) is 6.29. The highest BCUT2D eigenvalue weighted by Gasteiger charge is 2.29. The molecule has 3 aromatic rings. The quantitative estimate of drug-likeness (QED) is 0.538. The molecular formula is C25H34N6O4S. The Labute approximate surface area is 211 Å². The fourth-order valence-electron chi connectivity index (χ4n) is 5.26. The molecule has 2 aliphatic rings. The third-order valence-electron chi connectivity index (χ3n) is 7.29. The maximum Gasteiger partial charge on any atom is 0.277 e. The van der Waals surface area contributed by atoms with Gasteiger partial charge in [-0.1, -0.05) is 19.3 Å². The molecule has 11 heteroatoms. The Bertz CT molecular complexity index is 1420. The van der Waals surface area contributed by atoms with Gasteiger partial charge >= 0.3 is 0 Å². The molecule has 10 nitrogen and oxygen atoms in total. The molecule has 1 aliphatic heterocycles. The largest absolute Gasteiger partial charge is 0.493 e. The number of hydrogen-bond acceptors (Lipinski definition) is 7. The fraction of sp³-hybridized carbons (Fsp3) is 0.560. The lowest BCUT2D eigenvalue weighted by molar-refractivity contribution is 0.222. The Kier molecular flexibility index (Phi) is 6.88. The van der Waals surface area contributed by atoms with E-state index in [0.717, 1.165) is 31.4 Å². The summed E-state index contributed by atoms with van der Waals surface area (Å²) in [7, 11) is -1.68. The number of aryl methyl sites for hydroxylation is 1. The number of nitrogens with one attached hydrogen (secondary N) is 1. The van der Waals surface area contributed by atoms with E-state index in [1.807, 2.05) is 20.9 Å². The lowest BCUT2D eigenvalue weighted by atomic mass is 9.87. The number of piperazine rings is 1. The summed E-state index contributed by atoms with van der Waals surface area (Å²) in [5, 5.41) is 4.71. The molecule has 1 N–H and O–H groups in total. The highest BCUT2D eigenvalue weighted by molar-refractivity contribution is 7.89. The summed E-state index contributed by atoms with van der Waals surface area (Å²) in [5.41, 5.74) is 1.60. The summed E-state index contributed by atoms with van der Waals surface area (Å²) in [6, 6.07) is 4.75. The smallest absolute Gasteiger partial charge is 0.277 e. The summed E-state index contributed by atoms with van der Waals surface area (Å²) in [4.78, 5) is 23.2. The van der Waals surface area contributed by atoms with E-state index in [2.05, 4.69) is 9.88 Å². The summed E-state index contributed by atoms with van der Waals surface area (Å²) < 4.78 is 35.5. The summed E-state index contributed by atoms with van der Waals surface area (Å²) in [6.07, 6.45) is 5.58. The molecule has 0 radical (unpaired) electrons. The van der Waals surface area contributed by atoms with Gasteiger partial charge in [0.2, 0.25) is 10.0 Å². The van der Waals surface area contributed by atoms with Gasteiger partial charge in [0.1, 0.15) is 11.6 Å². The number of imidazole rings is 1. The summed E-state index contributed by atoms with van der Waals surface area (Å²) >= 11 is 0. The zero-order valence-electron chi connectivity index (χ0n) is 21.2. The van der Waals surface area contributed by atoms with Crippen LogP contribution in [0.4, 0.5) is 0 Å². The first-order chi connectivity index (χ1) is 17.3. The lowest BCUT2D eigenvalue weighted by Crippen LogP contribution is -2.47. The van der Waals surface area contributed by atoms with Crippen LogP contribution in [0.2, 0.25) is 0 Å². The van der Waals surface area contributed by atoms with E-state index in [0.29, 0.717) is 61.3 Å².